The van der Waals surface area contributed by atoms with Crippen molar-refractivity contribution >= 4 is 15.9 Å². The second-order valence-corrected chi connectivity index (χ2v) is 4.64. The summed E-state index contributed by atoms with van der Waals surface area (Å²) in [5, 5.41) is 0. The van der Waals surface area contributed by atoms with Crippen LogP contribution >= 0.6 is 15.9 Å². The van der Waals surface area contributed by atoms with Gasteiger partial charge >= 0.3 is 0 Å². The van der Waals surface area contributed by atoms with Gasteiger partial charge in [-0.25, -0.2) is 0 Å². The van der Waals surface area contributed by atoms with E-state index in [0.29, 0.717) is 12.3 Å². The third kappa shape index (κ3) is 4.18. The number of hydroxylamine groups is 1. The van der Waals surface area contributed by atoms with Crippen molar-refractivity contribution in [2.45, 2.75) is 26.5 Å². The van der Waals surface area contributed by atoms with Gasteiger partial charge < -0.3 is 14.3 Å². The highest BCUT2D eigenvalue weighted by atomic mass is 79.9. The topological polar surface area (TPSA) is 39.7 Å². The summed E-state index contributed by atoms with van der Waals surface area (Å²) in [7, 11) is 3.21. The second kappa shape index (κ2) is 6.83. The molecule has 1 aromatic carbocycles. The molecular weight excluding hydrogens is 286 g/mol. The molecule has 96 valence electrons. The number of ether oxygens (including phenoxy) is 2. The predicted molar refractivity (Wildman–Crippen MR) is 70.3 cm³/mol. The van der Waals surface area contributed by atoms with E-state index in [2.05, 4.69) is 21.4 Å². The molecule has 0 saturated carbocycles. The van der Waals surface area contributed by atoms with Crippen LogP contribution in [0.4, 0.5) is 0 Å². The molecule has 1 aromatic rings. The van der Waals surface area contributed by atoms with Crippen molar-refractivity contribution in [2.75, 3.05) is 14.2 Å². The van der Waals surface area contributed by atoms with Gasteiger partial charge in [-0.3, -0.25) is 0 Å². The largest absolute Gasteiger partial charge is 0.493 e. The predicted octanol–water partition coefficient (Wildman–Crippen LogP) is 2.90. The number of nitrogens with one attached hydrogen (secondary N) is 1. The maximum atomic E-state index is 5.70. The molecule has 0 heterocycles. The van der Waals surface area contributed by atoms with Crippen LogP contribution in [0, 0.1) is 0 Å². The van der Waals surface area contributed by atoms with Crippen LogP contribution < -0.4 is 15.0 Å². The Labute approximate surface area is 110 Å². The number of halogens is 1. The fourth-order valence-electron chi connectivity index (χ4n) is 1.37. The Bertz CT molecular complexity index is 369. The highest BCUT2D eigenvalue weighted by molar-refractivity contribution is 9.10. The number of rotatable bonds is 6. The summed E-state index contributed by atoms with van der Waals surface area (Å²) in [6.45, 7) is 4.55. The molecule has 0 fully saturated rings. The minimum Gasteiger partial charge on any atom is -0.493 e. The fourth-order valence-corrected chi connectivity index (χ4v) is 1.83. The molecule has 0 aliphatic heterocycles. The van der Waals surface area contributed by atoms with Gasteiger partial charge in [0, 0.05) is 11.0 Å². The Morgan fingerprint density at radius 3 is 2.47 bits per heavy atom. The molecule has 0 aromatic heterocycles. The average Bonchev–Trinajstić information content (AvgIpc) is 2.28. The van der Waals surface area contributed by atoms with Crippen molar-refractivity contribution < 1.29 is 14.3 Å². The lowest BCUT2D eigenvalue weighted by Gasteiger charge is -2.16. The minimum atomic E-state index is 0.105. The Morgan fingerprint density at radius 2 is 1.94 bits per heavy atom. The minimum absolute atomic E-state index is 0.105. The van der Waals surface area contributed by atoms with Crippen molar-refractivity contribution in [1.82, 2.24) is 5.48 Å². The van der Waals surface area contributed by atoms with Crippen molar-refractivity contribution in [3.05, 3.63) is 22.2 Å². The lowest BCUT2D eigenvalue weighted by atomic mass is 10.2. The maximum Gasteiger partial charge on any atom is 0.161 e. The van der Waals surface area contributed by atoms with Gasteiger partial charge in [-0.2, -0.15) is 5.48 Å². The van der Waals surface area contributed by atoms with Crippen LogP contribution in [0.5, 0.6) is 11.5 Å². The zero-order valence-corrected chi connectivity index (χ0v) is 12.1. The summed E-state index contributed by atoms with van der Waals surface area (Å²) in [5.74, 6) is 1.45. The number of hydrogen-bond acceptors (Lipinski definition) is 4. The van der Waals surface area contributed by atoms with E-state index in [1.54, 1.807) is 14.2 Å². The Kier molecular flexibility index (Phi) is 5.74. The fraction of sp³-hybridized carbons (Fsp3) is 0.500. The standard InChI is InChI=1S/C12H18BrNO3/c1-8(2)17-12-5-9(7-14-16-4)10(13)6-11(12)15-3/h5-6,8,14H,7H2,1-4H3. The summed E-state index contributed by atoms with van der Waals surface area (Å²) in [6.07, 6.45) is 0.105. The van der Waals surface area contributed by atoms with Crippen LogP contribution in [0.2, 0.25) is 0 Å². The first-order valence-electron chi connectivity index (χ1n) is 5.37. The van der Waals surface area contributed by atoms with E-state index < -0.39 is 0 Å². The number of benzene rings is 1. The van der Waals surface area contributed by atoms with Gasteiger partial charge in [0.2, 0.25) is 0 Å². The summed E-state index contributed by atoms with van der Waals surface area (Å²) < 4.78 is 11.9. The van der Waals surface area contributed by atoms with Gasteiger partial charge in [-0.05, 0) is 31.5 Å². The third-order valence-corrected chi connectivity index (χ3v) is 2.84. The molecule has 0 aliphatic rings. The molecule has 17 heavy (non-hydrogen) atoms. The molecule has 1 N–H and O–H groups in total. The number of hydrogen-bond donors (Lipinski definition) is 1. The van der Waals surface area contributed by atoms with E-state index >= 15 is 0 Å². The van der Waals surface area contributed by atoms with E-state index in [1.165, 1.54) is 0 Å². The average molecular weight is 304 g/mol. The van der Waals surface area contributed by atoms with Crippen LogP contribution in [0.15, 0.2) is 16.6 Å². The van der Waals surface area contributed by atoms with Gasteiger partial charge in [-0.15, -0.1) is 0 Å². The molecular formula is C12H18BrNO3. The summed E-state index contributed by atoms with van der Waals surface area (Å²) in [4.78, 5) is 4.84. The molecule has 0 atom stereocenters. The summed E-state index contributed by atoms with van der Waals surface area (Å²) >= 11 is 3.49. The molecule has 0 spiro atoms. The number of methoxy groups -OCH3 is 1. The first-order valence-corrected chi connectivity index (χ1v) is 6.16. The molecule has 0 aliphatic carbocycles. The Morgan fingerprint density at radius 1 is 1.24 bits per heavy atom. The van der Waals surface area contributed by atoms with Crippen molar-refractivity contribution in [2.24, 2.45) is 0 Å². The molecule has 0 bridgehead atoms. The second-order valence-electron chi connectivity index (χ2n) is 3.79. The molecule has 4 nitrogen and oxygen atoms in total. The smallest absolute Gasteiger partial charge is 0.161 e. The van der Waals surface area contributed by atoms with Crippen LogP contribution in [-0.4, -0.2) is 20.3 Å². The molecule has 1 rings (SSSR count). The Hall–Kier alpha value is -0.780. The van der Waals surface area contributed by atoms with E-state index in [0.717, 1.165) is 15.8 Å². The highest BCUT2D eigenvalue weighted by Gasteiger charge is 2.11. The lowest BCUT2D eigenvalue weighted by molar-refractivity contribution is 0.0864. The van der Waals surface area contributed by atoms with Gasteiger partial charge in [0.1, 0.15) is 0 Å². The quantitative estimate of drug-likeness (QED) is 0.820. The van der Waals surface area contributed by atoms with Crippen LogP contribution in [0.25, 0.3) is 0 Å². The van der Waals surface area contributed by atoms with Gasteiger partial charge in [-0.1, -0.05) is 15.9 Å². The Balaban J connectivity index is 2.99. The molecule has 0 unspecified atom stereocenters. The van der Waals surface area contributed by atoms with E-state index in [4.69, 9.17) is 14.3 Å². The lowest BCUT2D eigenvalue weighted by Crippen LogP contribution is -2.12. The van der Waals surface area contributed by atoms with Gasteiger partial charge in [0.25, 0.3) is 0 Å². The molecule has 0 radical (unpaired) electrons. The van der Waals surface area contributed by atoms with Gasteiger partial charge in [0.05, 0.1) is 20.3 Å². The summed E-state index contributed by atoms with van der Waals surface area (Å²) in [6, 6.07) is 3.83. The van der Waals surface area contributed by atoms with Crippen molar-refractivity contribution in [3.63, 3.8) is 0 Å². The normalized spacial score (nSPS) is 10.7. The zero-order valence-electron chi connectivity index (χ0n) is 10.5. The molecule has 5 heteroatoms. The molecule has 0 amide bonds. The summed E-state index contributed by atoms with van der Waals surface area (Å²) in [5.41, 5.74) is 3.84. The van der Waals surface area contributed by atoms with Crippen molar-refractivity contribution in [1.29, 1.82) is 0 Å². The van der Waals surface area contributed by atoms with E-state index in [1.807, 2.05) is 26.0 Å². The third-order valence-electron chi connectivity index (χ3n) is 2.10. The van der Waals surface area contributed by atoms with Gasteiger partial charge in [0.15, 0.2) is 11.5 Å². The van der Waals surface area contributed by atoms with Crippen LogP contribution in [-0.2, 0) is 11.4 Å². The van der Waals surface area contributed by atoms with Crippen LogP contribution in [0.1, 0.15) is 19.4 Å². The van der Waals surface area contributed by atoms with Crippen molar-refractivity contribution in [3.8, 4) is 11.5 Å². The monoisotopic (exact) mass is 303 g/mol. The van der Waals surface area contributed by atoms with E-state index in [9.17, 15) is 0 Å². The molecule has 0 saturated heterocycles. The van der Waals surface area contributed by atoms with E-state index in [-0.39, 0.29) is 6.10 Å². The first kappa shape index (κ1) is 14.3. The highest BCUT2D eigenvalue weighted by Crippen LogP contribution is 2.34. The maximum absolute atomic E-state index is 5.70. The van der Waals surface area contributed by atoms with Crippen LogP contribution in [0.3, 0.4) is 0 Å². The zero-order chi connectivity index (χ0) is 12.8. The first-order chi connectivity index (χ1) is 8.08. The SMILES string of the molecule is CONCc1cc(OC(C)C)c(OC)cc1Br.